The van der Waals surface area contributed by atoms with E-state index in [1.807, 2.05) is 34.1 Å². The molecular formula is C27H29N3O7S. The Kier molecular flexibility index (Phi) is 6.47. The molecule has 0 saturated carbocycles. The number of amides is 2. The molecule has 11 heteroatoms. The van der Waals surface area contributed by atoms with Gasteiger partial charge in [0.1, 0.15) is 11.9 Å². The number of anilines is 1. The number of benzene rings is 2. The second kappa shape index (κ2) is 9.81. The van der Waals surface area contributed by atoms with Crippen LogP contribution in [0.4, 0.5) is 5.69 Å². The van der Waals surface area contributed by atoms with Crippen LogP contribution in [0.25, 0.3) is 0 Å². The van der Waals surface area contributed by atoms with Crippen LogP contribution < -0.4 is 4.90 Å². The predicted octanol–water partition coefficient (Wildman–Crippen LogP) is 1.92. The van der Waals surface area contributed by atoms with Gasteiger partial charge in [0.05, 0.1) is 29.0 Å². The molecule has 0 aromatic heterocycles. The van der Waals surface area contributed by atoms with Gasteiger partial charge in [-0.05, 0) is 37.1 Å². The van der Waals surface area contributed by atoms with Crippen LogP contribution in [-0.4, -0.2) is 79.9 Å². The molecule has 200 valence electrons. The number of piperazine rings is 1. The number of imide groups is 1. The first-order valence-electron chi connectivity index (χ1n) is 12.8. The molecule has 3 heterocycles. The van der Waals surface area contributed by atoms with Crippen molar-refractivity contribution in [1.29, 1.82) is 0 Å². The third-order valence-corrected chi connectivity index (χ3v) is 9.03. The van der Waals surface area contributed by atoms with Crippen molar-refractivity contribution in [3.05, 3.63) is 66.7 Å². The monoisotopic (exact) mass is 539 g/mol. The molecule has 2 amide bonds. The van der Waals surface area contributed by atoms with Gasteiger partial charge in [-0.25, -0.2) is 0 Å². The van der Waals surface area contributed by atoms with E-state index in [-0.39, 0.29) is 48.0 Å². The molecule has 0 radical (unpaired) electrons. The number of allylic oxidation sites excluding steroid dienone is 2. The minimum atomic E-state index is -4.15. The molecule has 3 saturated heterocycles. The van der Waals surface area contributed by atoms with Crippen molar-refractivity contribution < 1.29 is 32.0 Å². The fourth-order valence-corrected chi connectivity index (χ4v) is 6.78. The predicted molar refractivity (Wildman–Crippen MR) is 136 cm³/mol. The maximum absolute atomic E-state index is 13.1. The third-order valence-electron chi connectivity index (χ3n) is 7.65. The number of phenolic OH excluding ortho intramolecular Hbond substituents is 1. The number of hydrogen-bond acceptors (Lipinski definition) is 9. The van der Waals surface area contributed by atoms with Gasteiger partial charge < -0.3 is 14.7 Å². The first-order valence-corrected chi connectivity index (χ1v) is 14.2. The smallest absolute Gasteiger partial charge is 0.297 e. The molecule has 0 bridgehead atoms. The van der Waals surface area contributed by atoms with Crippen molar-refractivity contribution in [1.82, 2.24) is 9.80 Å². The van der Waals surface area contributed by atoms with E-state index in [0.717, 1.165) is 0 Å². The van der Waals surface area contributed by atoms with Gasteiger partial charge in [-0.15, -0.1) is 0 Å². The fourth-order valence-electron chi connectivity index (χ4n) is 5.70. The molecule has 10 nitrogen and oxygen atoms in total. The van der Waals surface area contributed by atoms with Gasteiger partial charge in [0, 0.05) is 19.6 Å². The zero-order chi connectivity index (χ0) is 26.4. The SMILES string of the molecule is O=C1C2CC=CCC2C(=O)N1CC(CN1CCN(c2ccccc2O)C2OC21)OS(=O)(=O)c1ccccc1. The lowest BCUT2D eigenvalue weighted by molar-refractivity contribution is -0.141. The summed E-state index contributed by atoms with van der Waals surface area (Å²) >= 11 is 0. The van der Waals surface area contributed by atoms with Crippen molar-refractivity contribution in [3.63, 3.8) is 0 Å². The number of para-hydroxylation sites is 2. The number of hydrogen-bond donors (Lipinski definition) is 1. The third kappa shape index (κ3) is 4.60. The second-order valence-electron chi connectivity index (χ2n) is 10.0. The lowest BCUT2D eigenvalue weighted by Crippen LogP contribution is -2.51. The minimum Gasteiger partial charge on any atom is -0.506 e. The van der Waals surface area contributed by atoms with Gasteiger partial charge in [0.25, 0.3) is 10.1 Å². The Labute approximate surface area is 221 Å². The summed E-state index contributed by atoms with van der Waals surface area (Å²) in [6, 6.07) is 14.9. The lowest BCUT2D eigenvalue weighted by Gasteiger charge is -2.34. The van der Waals surface area contributed by atoms with Gasteiger partial charge in [-0.3, -0.25) is 23.6 Å². The van der Waals surface area contributed by atoms with Crippen LogP contribution in [0.2, 0.25) is 0 Å². The maximum Gasteiger partial charge on any atom is 0.297 e. The van der Waals surface area contributed by atoms with E-state index in [0.29, 0.717) is 31.6 Å². The Morgan fingerprint density at radius 1 is 0.895 bits per heavy atom. The summed E-state index contributed by atoms with van der Waals surface area (Å²) in [5, 5.41) is 10.3. The van der Waals surface area contributed by atoms with Gasteiger partial charge in [0.15, 0.2) is 12.5 Å². The van der Waals surface area contributed by atoms with Gasteiger partial charge in [-0.2, -0.15) is 8.42 Å². The maximum atomic E-state index is 13.1. The standard InChI is InChI=1S/C27H29N3O7S/c31-23-13-7-6-12-22(23)29-15-14-28(26-27(29)36-26)16-18(37-38(34,35)19-8-2-1-3-9-19)17-30-24(32)20-10-4-5-11-21(20)25(30)33/h1-9,12-13,18,20-21,26-27,31H,10-11,14-17H2. The molecule has 1 aliphatic carbocycles. The number of fused-ring (bicyclic) bond motifs is 2. The molecular weight excluding hydrogens is 510 g/mol. The van der Waals surface area contributed by atoms with Crippen LogP contribution in [0.1, 0.15) is 12.8 Å². The molecule has 5 atom stereocenters. The summed E-state index contributed by atoms with van der Waals surface area (Å²) in [6.45, 7) is 1.03. The fraction of sp³-hybridized carbons (Fsp3) is 0.407. The normalized spacial score (nSPS) is 27.8. The first kappa shape index (κ1) is 25.1. The van der Waals surface area contributed by atoms with Gasteiger partial charge >= 0.3 is 0 Å². The molecule has 38 heavy (non-hydrogen) atoms. The molecule has 0 spiro atoms. The van der Waals surface area contributed by atoms with Crippen molar-refractivity contribution in [2.45, 2.75) is 36.3 Å². The van der Waals surface area contributed by atoms with Crippen molar-refractivity contribution in [2.75, 3.05) is 31.1 Å². The Balaban J connectivity index is 1.21. The average molecular weight is 540 g/mol. The molecule has 3 fully saturated rings. The highest BCUT2D eigenvalue weighted by Crippen LogP contribution is 2.40. The first-order chi connectivity index (χ1) is 18.3. The quantitative estimate of drug-likeness (QED) is 0.232. The summed E-state index contributed by atoms with van der Waals surface area (Å²) in [6.07, 6.45) is 3.23. The number of carbonyl (C=O) groups is 2. The van der Waals surface area contributed by atoms with Gasteiger partial charge in [-0.1, -0.05) is 42.5 Å². The number of rotatable bonds is 8. The Morgan fingerprint density at radius 3 is 2.24 bits per heavy atom. The molecule has 1 N–H and O–H groups in total. The van der Waals surface area contributed by atoms with E-state index in [1.54, 1.807) is 30.3 Å². The molecule has 2 aromatic carbocycles. The number of ether oxygens (including phenoxy) is 1. The van der Waals surface area contributed by atoms with Crippen LogP contribution in [0, 0.1) is 11.8 Å². The highest BCUT2D eigenvalue weighted by atomic mass is 32.2. The van der Waals surface area contributed by atoms with E-state index < -0.39 is 28.1 Å². The van der Waals surface area contributed by atoms with Gasteiger partial charge in [0.2, 0.25) is 11.8 Å². The van der Waals surface area contributed by atoms with Crippen LogP contribution in [0.3, 0.4) is 0 Å². The Bertz CT molecular complexity index is 1340. The highest BCUT2D eigenvalue weighted by Gasteiger charge is 2.53. The van der Waals surface area contributed by atoms with E-state index in [9.17, 15) is 23.1 Å². The van der Waals surface area contributed by atoms with E-state index in [2.05, 4.69) is 0 Å². The number of nitrogens with zero attached hydrogens (tertiary/aromatic N) is 3. The van der Waals surface area contributed by atoms with Crippen molar-refractivity contribution in [2.24, 2.45) is 11.8 Å². The molecule has 6 rings (SSSR count). The lowest BCUT2D eigenvalue weighted by atomic mass is 9.85. The number of aromatic hydroxyl groups is 1. The zero-order valence-corrected chi connectivity index (χ0v) is 21.4. The molecule has 3 aliphatic heterocycles. The molecule has 5 unspecified atom stereocenters. The van der Waals surface area contributed by atoms with Crippen LogP contribution in [0.5, 0.6) is 5.75 Å². The summed E-state index contributed by atoms with van der Waals surface area (Å²) < 4.78 is 37.9. The van der Waals surface area contributed by atoms with E-state index in [4.69, 9.17) is 8.92 Å². The summed E-state index contributed by atoms with van der Waals surface area (Å²) in [5.41, 5.74) is 0.670. The average Bonchev–Trinajstić information content (AvgIpc) is 3.70. The number of carbonyl (C=O) groups excluding carboxylic acids is 2. The summed E-state index contributed by atoms with van der Waals surface area (Å²) in [5.74, 6) is -1.21. The number of phenols is 1. The number of likely N-dealkylation sites (tertiary alicyclic amines) is 1. The van der Waals surface area contributed by atoms with Crippen LogP contribution >= 0.6 is 0 Å². The molecule has 2 aromatic rings. The minimum absolute atomic E-state index is 0.00636. The van der Waals surface area contributed by atoms with Crippen molar-refractivity contribution >= 4 is 27.6 Å². The highest BCUT2D eigenvalue weighted by molar-refractivity contribution is 7.86. The Morgan fingerprint density at radius 2 is 1.55 bits per heavy atom. The topological polar surface area (TPSA) is 120 Å². The number of epoxide rings is 1. The molecule has 4 aliphatic rings. The van der Waals surface area contributed by atoms with E-state index in [1.165, 1.54) is 17.0 Å². The van der Waals surface area contributed by atoms with E-state index >= 15 is 0 Å². The summed E-state index contributed by atoms with van der Waals surface area (Å²) in [7, 11) is -4.15. The zero-order valence-electron chi connectivity index (χ0n) is 20.6. The largest absolute Gasteiger partial charge is 0.506 e. The summed E-state index contributed by atoms with van der Waals surface area (Å²) in [4.78, 5) is 31.3. The Hall–Kier alpha value is -3.25. The van der Waals surface area contributed by atoms with Crippen LogP contribution in [-0.2, 0) is 28.6 Å². The second-order valence-corrected chi connectivity index (χ2v) is 11.6. The van der Waals surface area contributed by atoms with Crippen LogP contribution in [0.15, 0.2) is 71.6 Å². The van der Waals surface area contributed by atoms with Crippen molar-refractivity contribution in [3.8, 4) is 5.75 Å².